The van der Waals surface area contributed by atoms with Crippen LogP contribution < -0.4 is 0 Å². The highest BCUT2D eigenvalue weighted by atomic mass is 15.3. The van der Waals surface area contributed by atoms with Crippen molar-refractivity contribution < 1.29 is 0 Å². The minimum atomic E-state index is 0.546. The Morgan fingerprint density at radius 1 is 1.09 bits per heavy atom. The number of hydrogen-bond acceptors (Lipinski definition) is 4. The van der Waals surface area contributed by atoms with E-state index in [1.54, 1.807) is 18.9 Å². The van der Waals surface area contributed by atoms with Gasteiger partial charge in [-0.2, -0.15) is 5.10 Å². The Labute approximate surface area is 135 Å². The number of nitrogens with zero attached hydrogens (tertiary/aromatic N) is 6. The molecule has 0 aliphatic carbocycles. The van der Waals surface area contributed by atoms with Gasteiger partial charge in [0.1, 0.15) is 12.7 Å². The van der Waals surface area contributed by atoms with Crippen LogP contribution in [0.15, 0.2) is 55.6 Å². The number of benzene rings is 1. The lowest BCUT2D eigenvalue weighted by molar-refractivity contribution is 0.219. The molecule has 1 fully saturated rings. The number of rotatable bonds is 5. The van der Waals surface area contributed by atoms with E-state index in [9.17, 15) is 0 Å². The number of aromatic nitrogens is 5. The van der Waals surface area contributed by atoms with E-state index >= 15 is 0 Å². The predicted octanol–water partition coefficient (Wildman–Crippen LogP) is 2.13. The first kappa shape index (κ1) is 14.1. The SMILES string of the molecule is c1cn(-c2ccc(CN3CCC[C@@H]3Cn3cncn3)cc2)cn1. The smallest absolute Gasteiger partial charge is 0.137 e. The molecule has 1 saturated heterocycles. The van der Waals surface area contributed by atoms with Gasteiger partial charge in [0.2, 0.25) is 0 Å². The normalized spacial score (nSPS) is 18.5. The van der Waals surface area contributed by atoms with E-state index in [1.165, 1.54) is 18.4 Å². The molecule has 1 aromatic carbocycles. The Balaban J connectivity index is 1.42. The molecule has 0 spiro atoms. The van der Waals surface area contributed by atoms with Crippen molar-refractivity contribution >= 4 is 0 Å². The fourth-order valence-electron chi connectivity index (χ4n) is 3.27. The second-order valence-electron chi connectivity index (χ2n) is 6.02. The summed E-state index contributed by atoms with van der Waals surface area (Å²) in [5, 5.41) is 4.23. The molecule has 0 bridgehead atoms. The standard InChI is InChI=1S/C17H20N6/c1-2-17(11-23-14-19-12-20-23)21(8-1)10-15-3-5-16(6-4-15)22-9-7-18-13-22/h3-7,9,12-14,17H,1-2,8,10-11H2/t17-/m1/s1. The Bertz CT molecular complexity index is 717. The molecule has 1 aliphatic rings. The summed E-state index contributed by atoms with van der Waals surface area (Å²) in [6.07, 6.45) is 11.5. The summed E-state index contributed by atoms with van der Waals surface area (Å²) in [5.74, 6) is 0. The van der Waals surface area contributed by atoms with E-state index in [1.807, 2.05) is 21.8 Å². The minimum Gasteiger partial charge on any atom is -0.306 e. The summed E-state index contributed by atoms with van der Waals surface area (Å²) in [6, 6.07) is 9.27. The van der Waals surface area contributed by atoms with Crippen molar-refractivity contribution in [2.75, 3.05) is 6.54 Å². The van der Waals surface area contributed by atoms with Gasteiger partial charge in [0.15, 0.2) is 0 Å². The zero-order chi connectivity index (χ0) is 15.5. The monoisotopic (exact) mass is 308 g/mol. The third-order valence-electron chi connectivity index (χ3n) is 4.49. The molecular weight excluding hydrogens is 288 g/mol. The van der Waals surface area contributed by atoms with Crippen LogP contribution in [0.3, 0.4) is 0 Å². The van der Waals surface area contributed by atoms with Crippen molar-refractivity contribution in [3.8, 4) is 5.69 Å². The van der Waals surface area contributed by atoms with Crippen molar-refractivity contribution in [1.82, 2.24) is 29.2 Å². The van der Waals surface area contributed by atoms with Gasteiger partial charge in [-0.15, -0.1) is 0 Å². The molecule has 6 heteroatoms. The van der Waals surface area contributed by atoms with E-state index in [4.69, 9.17) is 0 Å². The van der Waals surface area contributed by atoms with E-state index < -0.39 is 0 Å². The van der Waals surface area contributed by atoms with Crippen molar-refractivity contribution in [2.45, 2.75) is 32.0 Å². The van der Waals surface area contributed by atoms with Crippen molar-refractivity contribution in [3.63, 3.8) is 0 Å². The van der Waals surface area contributed by atoms with Crippen LogP contribution in [0.1, 0.15) is 18.4 Å². The van der Waals surface area contributed by atoms with Gasteiger partial charge >= 0.3 is 0 Å². The van der Waals surface area contributed by atoms with Gasteiger partial charge in [-0.1, -0.05) is 12.1 Å². The second-order valence-corrected chi connectivity index (χ2v) is 6.02. The lowest BCUT2D eigenvalue weighted by Crippen LogP contribution is -2.32. The van der Waals surface area contributed by atoms with Gasteiger partial charge < -0.3 is 4.57 Å². The third kappa shape index (κ3) is 3.17. The van der Waals surface area contributed by atoms with Crippen LogP contribution in [0.4, 0.5) is 0 Å². The fourth-order valence-corrected chi connectivity index (χ4v) is 3.27. The molecule has 3 aromatic rings. The molecule has 2 aromatic heterocycles. The Morgan fingerprint density at radius 2 is 2.00 bits per heavy atom. The molecular formula is C17H20N6. The molecule has 118 valence electrons. The lowest BCUT2D eigenvalue weighted by atomic mass is 10.1. The summed E-state index contributed by atoms with van der Waals surface area (Å²) in [4.78, 5) is 10.7. The van der Waals surface area contributed by atoms with Gasteiger partial charge in [0.25, 0.3) is 0 Å². The first-order valence-corrected chi connectivity index (χ1v) is 8.02. The van der Waals surface area contributed by atoms with Gasteiger partial charge in [0, 0.05) is 30.7 Å². The quantitative estimate of drug-likeness (QED) is 0.724. The largest absolute Gasteiger partial charge is 0.306 e. The molecule has 3 heterocycles. The molecule has 0 radical (unpaired) electrons. The highest BCUT2D eigenvalue weighted by Crippen LogP contribution is 2.21. The van der Waals surface area contributed by atoms with Gasteiger partial charge in [-0.25, -0.2) is 9.97 Å². The van der Waals surface area contributed by atoms with Crippen LogP contribution in [0, 0.1) is 0 Å². The average Bonchev–Trinajstić information content (AvgIpc) is 3.32. The lowest BCUT2D eigenvalue weighted by Gasteiger charge is -2.24. The van der Waals surface area contributed by atoms with E-state index in [0.29, 0.717) is 6.04 Å². The molecule has 0 N–H and O–H groups in total. The van der Waals surface area contributed by atoms with Crippen LogP contribution in [-0.4, -0.2) is 41.8 Å². The van der Waals surface area contributed by atoms with Crippen molar-refractivity contribution in [3.05, 3.63) is 61.2 Å². The number of imidazole rings is 1. The molecule has 0 unspecified atom stereocenters. The predicted molar refractivity (Wildman–Crippen MR) is 87.0 cm³/mol. The summed E-state index contributed by atoms with van der Waals surface area (Å²) in [6.45, 7) is 3.07. The molecule has 1 aliphatic heterocycles. The summed E-state index contributed by atoms with van der Waals surface area (Å²) in [5.41, 5.74) is 2.49. The maximum absolute atomic E-state index is 4.23. The Kier molecular flexibility index (Phi) is 3.90. The van der Waals surface area contributed by atoms with E-state index in [2.05, 4.69) is 44.2 Å². The minimum absolute atomic E-state index is 0.546. The summed E-state index contributed by atoms with van der Waals surface area (Å²) in [7, 11) is 0. The molecule has 0 saturated carbocycles. The van der Waals surface area contributed by atoms with Crippen molar-refractivity contribution in [1.29, 1.82) is 0 Å². The van der Waals surface area contributed by atoms with Crippen LogP contribution in [0.25, 0.3) is 5.69 Å². The van der Waals surface area contributed by atoms with Crippen molar-refractivity contribution in [2.24, 2.45) is 0 Å². The second kappa shape index (κ2) is 6.34. The van der Waals surface area contributed by atoms with E-state index in [-0.39, 0.29) is 0 Å². The highest BCUT2D eigenvalue weighted by Gasteiger charge is 2.24. The van der Waals surface area contributed by atoms with Crippen LogP contribution >= 0.6 is 0 Å². The number of likely N-dealkylation sites (tertiary alicyclic amines) is 1. The average molecular weight is 308 g/mol. The van der Waals surface area contributed by atoms with Gasteiger partial charge in [0.05, 0.1) is 12.9 Å². The zero-order valence-electron chi connectivity index (χ0n) is 13.0. The molecule has 23 heavy (non-hydrogen) atoms. The fraction of sp³-hybridized carbons (Fsp3) is 0.353. The summed E-state index contributed by atoms with van der Waals surface area (Å²) >= 11 is 0. The van der Waals surface area contributed by atoms with Crippen LogP contribution in [0.2, 0.25) is 0 Å². The molecule has 4 rings (SSSR count). The first-order chi connectivity index (χ1) is 11.4. The van der Waals surface area contributed by atoms with Gasteiger partial charge in [-0.05, 0) is 37.1 Å². The number of hydrogen-bond donors (Lipinski definition) is 0. The Hall–Kier alpha value is -2.47. The first-order valence-electron chi connectivity index (χ1n) is 8.02. The molecule has 1 atom stereocenters. The molecule has 0 amide bonds. The zero-order valence-corrected chi connectivity index (χ0v) is 13.0. The van der Waals surface area contributed by atoms with Crippen LogP contribution in [0.5, 0.6) is 0 Å². The maximum atomic E-state index is 4.23. The third-order valence-corrected chi connectivity index (χ3v) is 4.49. The van der Waals surface area contributed by atoms with Crippen LogP contribution in [-0.2, 0) is 13.1 Å². The molecule has 6 nitrogen and oxygen atoms in total. The Morgan fingerprint density at radius 3 is 2.74 bits per heavy atom. The van der Waals surface area contributed by atoms with E-state index in [0.717, 1.165) is 25.3 Å². The van der Waals surface area contributed by atoms with Gasteiger partial charge in [-0.3, -0.25) is 9.58 Å². The topological polar surface area (TPSA) is 51.8 Å². The summed E-state index contributed by atoms with van der Waals surface area (Å²) < 4.78 is 3.96. The highest BCUT2D eigenvalue weighted by molar-refractivity contribution is 5.34. The maximum Gasteiger partial charge on any atom is 0.137 e.